The summed E-state index contributed by atoms with van der Waals surface area (Å²) in [6, 6.07) is 7.26. The molecule has 2 aromatic heterocycles. The van der Waals surface area contributed by atoms with E-state index in [0.29, 0.717) is 23.5 Å². The third-order valence-corrected chi connectivity index (χ3v) is 5.58. The van der Waals surface area contributed by atoms with Crippen LogP contribution in [0.15, 0.2) is 35.8 Å². The van der Waals surface area contributed by atoms with Crippen LogP contribution in [0.3, 0.4) is 0 Å². The van der Waals surface area contributed by atoms with Crippen molar-refractivity contribution in [3.05, 3.63) is 57.8 Å². The molecule has 4 rings (SSSR count). The van der Waals surface area contributed by atoms with E-state index in [-0.39, 0.29) is 23.6 Å². The molecule has 3 aromatic rings. The summed E-state index contributed by atoms with van der Waals surface area (Å²) in [7, 11) is 0. The van der Waals surface area contributed by atoms with Gasteiger partial charge < -0.3 is 10.6 Å². The van der Waals surface area contributed by atoms with Crippen molar-refractivity contribution in [2.45, 2.75) is 32.7 Å². The molecule has 0 aliphatic heterocycles. The van der Waals surface area contributed by atoms with E-state index >= 15 is 0 Å². The van der Waals surface area contributed by atoms with E-state index in [4.69, 9.17) is 0 Å². The fourth-order valence-electron chi connectivity index (χ4n) is 2.95. The van der Waals surface area contributed by atoms with Gasteiger partial charge in [-0.1, -0.05) is 5.21 Å². The molecule has 1 fully saturated rings. The van der Waals surface area contributed by atoms with Crippen molar-refractivity contribution < 1.29 is 9.59 Å². The Morgan fingerprint density at radius 1 is 1.23 bits per heavy atom. The molecule has 0 spiro atoms. The van der Waals surface area contributed by atoms with Crippen LogP contribution in [0.25, 0.3) is 17.3 Å². The van der Waals surface area contributed by atoms with Crippen molar-refractivity contribution in [2.24, 2.45) is 0 Å². The van der Waals surface area contributed by atoms with E-state index in [1.165, 1.54) is 11.3 Å². The summed E-state index contributed by atoms with van der Waals surface area (Å²) in [6.45, 7) is 4.38. The number of rotatable bonds is 7. The van der Waals surface area contributed by atoms with E-state index in [2.05, 4.69) is 25.9 Å². The summed E-state index contributed by atoms with van der Waals surface area (Å²) < 4.78 is 1.61. The maximum absolute atomic E-state index is 12.7. The van der Waals surface area contributed by atoms with Crippen LogP contribution < -0.4 is 10.6 Å². The fraction of sp³-hybridized carbons (Fsp3) is 0.286. The Hall–Kier alpha value is -3.33. The number of carbonyl (C=O) groups is 2. The Bertz CT molecular complexity index is 1080. The number of nitrogens with one attached hydrogen (secondary N) is 2. The number of thiazole rings is 1. The van der Waals surface area contributed by atoms with Gasteiger partial charge in [-0.15, -0.1) is 16.4 Å². The second-order valence-corrected chi connectivity index (χ2v) is 7.95. The molecule has 2 N–H and O–H groups in total. The largest absolute Gasteiger partial charge is 0.352 e. The maximum Gasteiger partial charge on any atom is 0.274 e. The molecule has 0 atom stereocenters. The van der Waals surface area contributed by atoms with Crippen molar-refractivity contribution in [1.82, 2.24) is 30.6 Å². The molecule has 8 nitrogen and oxygen atoms in total. The van der Waals surface area contributed by atoms with Gasteiger partial charge in [0.2, 0.25) is 0 Å². The molecule has 9 heteroatoms. The number of nitrogens with zero attached hydrogens (tertiary/aromatic N) is 4. The van der Waals surface area contributed by atoms with Gasteiger partial charge in [0.15, 0.2) is 5.69 Å². The zero-order valence-corrected chi connectivity index (χ0v) is 17.6. The predicted molar refractivity (Wildman–Crippen MR) is 116 cm³/mol. The summed E-state index contributed by atoms with van der Waals surface area (Å²) >= 11 is 1.52. The number of hydrogen-bond acceptors (Lipinski definition) is 6. The smallest absolute Gasteiger partial charge is 0.274 e. The van der Waals surface area contributed by atoms with Crippen molar-refractivity contribution in [2.75, 3.05) is 6.54 Å². The summed E-state index contributed by atoms with van der Waals surface area (Å²) in [6.07, 6.45) is 5.60. The average molecular weight is 423 g/mol. The number of benzene rings is 1. The van der Waals surface area contributed by atoms with Gasteiger partial charge in [0, 0.05) is 29.7 Å². The number of allylic oxidation sites excluding steroid dienone is 1. The summed E-state index contributed by atoms with van der Waals surface area (Å²) in [5.41, 5.74) is 3.02. The first-order valence-electron chi connectivity index (χ1n) is 9.80. The normalized spacial score (nSPS) is 13.9. The average Bonchev–Trinajstić information content (AvgIpc) is 3.22. The molecule has 1 saturated carbocycles. The highest BCUT2D eigenvalue weighted by Gasteiger charge is 2.27. The minimum absolute atomic E-state index is 0.133. The SMILES string of the molecule is CCNC(=O)c1ccc(-n2nnc(C(=O)NC3CC3)c2/C=C(\C)c2nccs2)cc1. The number of carbonyl (C=O) groups excluding carboxylic acids is 2. The van der Waals surface area contributed by atoms with Crippen molar-refractivity contribution in [1.29, 1.82) is 0 Å². The number of aromatic nitrogens is 4. The highest BCUT2D eigenvalue weighted by molar-refractivity contribution is 7.10. The van der Waals surface area contributed by atoms with E-state index in [1.54, 1.807) is 35.1 Å². The number of hydrogen-bond donors (Lipinski definition) is 2. The van der Waals surface area contributed by atoms with Crippen molar-refractivity contribution in [3.63, 3.8) is 0 Å². The Labute approximate surface area is 178 Å². The lowest BCUT2D eigenvalue weighted by Gasteiger charge is -2.08. The van der Waals surface area contributed by atoms with Gasteiger partial charge >= 0.3 is 0 Å². The van der Waals surface area contributed by atoms with E-state index in [1.807, 2.05) is 25.3 Å². The Kier molecular flexibility index (Phi) is 5.71. The molecule has 0 bridgehead atoms. The lowest BCUT2D eigenvalue weighted by molar-refractivity contribution is 0.0941. The third kappa shape index (κ3) is 4.30. The van der Waals surface area contributed by atoms with Gasteiger partial charge in [0.05, 0.1) is 5.69 Å². The van der Waals surface area contributed by atoms with E-state index < -0.39 is 0 Å². The van der Waals surface area contributed by atoms with Crippen LogP contribution in [0.4, 0.5) is 0 Å². The molecule has 0 radical (unpaired) electrons. The maximum atomic E-state index is 12.7. The lowest BCUT2D eigenvalue weighted by atomic mass is 10.1. The molecule has 30 heavy (non-hydrogen) atoms. The van der Waals surface area contributed by atoms with Gasteiger partial charge in [-0.25, -0.2) is 9.67 Å². The van der Waals surface area contributed by atoms with E-state index in [0.717, 1.165) is 23.4 Å². The molecule has 154 valence electrons. The van der Waals surface area contributed by atoms with E-state index in [9.17, 15) is 9.59 Å². The predicted octanol–water partition coefficient (Wildman–Crippen LogP) is 2.93. The highest BCUT2D eigenvalue weighted by atomic mass is 32.1. The fourth-order valence-corrected chi connectivity index (χ4v) is 3.57. The summed E-state index contributed by atoms with van der Waals surface area (Å²) in [5, 5.41) is 16.9. The molecule has 1 aromatic carbocycles. The first kappa shape index (κ1) is 20.0. The van der Waals surface area contributed by atoms with Gasteiger partial charge in [-0.3, -0.25) is 9.59 Å². The zero-order chi connectivity index (χ0) is 21.1. The molecule has 0 saturated heterocycles. The third-order valence-electron chi connectivity index (χ3n) is 4.67. The van der Waals surface area contributed by atoms with Crippen LogP contribution in [0.5, 0.6) is 0 Å². The van der Waals surface area contributed by atoms with Crippen LogP contribution in [0, 0.1) is 0 Å². The van der Waals surface area contributed by atoms with Crippen molar-refractivity contribution in [3.8, 4) is 5.69 Å². The van der Waals surface area contributed by atoms with Gasteiger partial charge in [0.1, 0.15) is 10.7 Å². The van der Waals surface area contributed by atoms with Gasteiger partial charge in [0.25, 0.3) is 11.8 Å². The Morgan fingerprint density at radius 3 is 2.63 bits per heavy atom. The lowest BCUT2D eigenvalue weighted by Crippen LogP contribution is -2.26. The molecular formula is C21H22N6O2S. The van der Waals surface area contributed by atoms with Crippen LogP contribution in [0.2, 0.25) is 0 Å². The molecule has 0 unspecified atom stereocenters. The molecule has 1 aliphatic carbocycles. The van der Waals surface area contributed by atoms with Crippen LogP contribution in [0.1, 0.15) is 58.2 Å². The Balaban J connectivity index is 1.72. The molecule has 2 amide bonds. The Morgan fingerprint density at radius 2 is 2.00 bits per heavy atom. The number of amides is 2. The highest BCUT2D eigenvalue weighted by Crippen LogP contribution is 2.24. The first-order chi connectivity index (χ1) is 14.6. The minimum atomic E-state index is -0.235. The second kappa shape index (κ2) is 8.58. The minimum Gasteiger partial charge on any atom is -0.352 e. The topological polar surface area (TPSA) is 102 Å². The standard InChI is InChI=1S/C21H22N6O2S/c1-3-22-19(28)14-4-8-16(9-5-14)27-17(12-13(2)21-23-10-11-30-21)18(25-26-27)20(29)24-15-6-7-15/h4-5,8-12,15H,3,6-7H2,1-2H3,(H,22,28)(H,24,29)/b13-12+. The van der Waals surface area contributed by atoms with Crippen molar-refractivity contribution >= 4 is 34.8 Å². The van der Waals surface area contributed by atoms with Gasteiger partial charge in [-0.2, -0.15) is 0 Å². The van der Waals surface area contributed by atoms with Crippen LogP contribution in [-0.4, -0.2) is 44.4 Å². The second-order valence-electron chi connectivity index (χ2n) is 7.05. The van der Waals surface area contributed by atoms with Gasteiger partial charge in [-0.05, 0) is 62.6 Å². The monoisotopic (exact) mass is 422 g/mol. The summed E-state index contributed by atoms with van der Waals surface area (Å²) in [4.78, 5) is 29.1. The first-order valence-corrected chi connectivity index (χ1v) is 10.7. The summed E-state index contributed by atoms with van der Waals surface area (Å²) in [5.74, 6) is -0.368. The zero-order valence-electron chi connectivity index (χ0n) is 16.8. The molecule has 2 heterocycles. The quantitative estimate of drug-likeness (QED) is 0.610. The molecular weight excluding hydrogens is 400 g/mol. The van der Waals surface area contributed by atoms with Crippen LogP contribution in [-0.2, 0) is 0 Å². The molecule has 1 aliphatic rings. The van der Waals surface area contributed by atoms with Crippen LogP contribution >= 0.6 is 11.3 Å².